The van der Waals surface area contributed by atoms with Gasteiger partial charge >= 0.3 is 0 Å². The molecule has 6 aromatic rings. The Kier molecular flexibility index (Phi) is 11.1. The molecule has 0 N–H and O–H groups in total. The Bertz CT molecular complexity index is 2490. The van der Waals surface area contributed by atoms with Gasteiger partial charge in [0.2, 0.25) is 0 Å². The molecular weight excluding hydrogens is 841 g/mol. The summed E-state index contributed by atoms with van der Waals surface area (Å²) in [4.78, 5) is 19.0. The van der Waals surface area contributed by atoms with Crippen molar-refractivity contribution in [3.63, 3.8) is 0 Å². The largest absolute Gasteiger partial charge is 0.331 e. The predicted molar refractivity (Wildman–Crippen MR) is 242 cm³/mol. The Morgan fingerprint density at radius 1 is 0.515 bits per heavy atom. The van der Waals surface area contributed by atoms with Crippen LogP contribution in [0.5, 0.6) is 0 Å². The van der Waals surface area contributed by atoms with E-state index in [0.717, 1.165) is 110 Å². The molecule has 0 amide bonds. The highest BCUT2D eigenvalue weighted by Gasteiger charge is 2.51. The van der Waals surface area contributed by atoms with Crippen LogP contribution in [0.15, 0.2) is 61.4 Å². The van der Waals surface area contributed by atoms with Crippen LogP contribution in [0.25, 0.3) is 0 Å². The number of aromatic nitrogens is 10. The van der Waals surface area contributed by atoms with Gasteiger partial charge in [-0.05, 0) is 163 Å². The lowest BCUT2D eigenvalue weighted by molar-refractivity contribution is -0.00128. The van der Waals surface area contributed by atoms with E-state index in [2.05, 4.69) is 45.3 Å². The molecule has 348 valence electrons. The molecule has 6 aliphatic carbocycles. The average molecular weight is 903 g/mol. The van der Waals surface area contributed by atoms with Crippen LogP contribution in [-0.4, -0.2) is 48.6 Å². The Morgan fingerprint density at radius 2 is 0.909 bits per heavy atom. The van der Waals surface area contributed by atoms with Crippen LogP contribution in [0.2, 0.25) is 0 Å². The molecule has 2 aromatic carbocycles. The molecular formula is C52H62F4N10. The molecule has 66 heavy (non-hydrogen) atoms. The highest BCUT2D eigenvalue weighted by atomic mass is 19.2. The summed E-state index contributed by atoms with van der Waals surface area (Å²) in [6, 6.07) is 8.53. The van der Waals surface area contributed by atoms with E-state index in [9.17, 15) is 17.6 Å². The fourth-order valence-electron chi connectivity index (χ4n) is 13.2. The Labute approximate surface area is 384 Å². The van der Waals surface area contributed by atoms with Crippen molar-refractivity contribution in [3.8, 4) is 0 Å². The van der Waals surface area contributed by atoms with Gasteiger partial charge in [0.15, 0.2) is 34.9 Å². The van der Waals surface area contributed by atoms with E-state index in [1.54, 1.807) is 12.1 Å². The highest BCUT2D eigenvalue weighted by Crippen LogP contribution is 2.58. The van der Waals surface area contributed by atoms with Gasteiger partial charge in [-0.1, -0.05) is 25.0 Å². The van der Waals surface area contributed by atoms with Gasteiger partial charge in [-0.15, -0.1) is 0 Å². The number of rotatable bonds is 8. The molecule has 0 saturated heterocycles. The Balaban J connectivity index is 0.000000146. The quantitative estimate of drug-likeness (QED) is 0.141. The van der Waals surface area contributed by atoms with Crippen molar-refractivity contribution in [2.75, 3.05) is 0 Å². The zero-order chi connectivity index (χ0) is 45.3. The minimum Gasteiger partial charge on any atom is -0.331 e. The number of imidazole rings is 2. The zero-order valence-electron chi connectivity index (χ0n) is 38.5. The number of hydrogen-bond donors (Lipinski definition) is 0. The SMILES string of the molecule is Cc1cn(C23CCC(Cc4nc5n(n4)CCCC[C@@H]5c4ccc(F)c(F)c4)(CC2)CC3)cn1.Cc1cn(C23CCC(Cc4nc5n(n4)CCCC[C@H]5c4ccc(F)c(F)c4)(CC2)CC3)cn1. The third-order valence-electron chi connectivity index (χ3n) is 17.3. The molecule has 4 bridgehead atoms. The second-order valence-corrected chi connectivity index (χ2v) is 21.3. The number of halogens is 4. The van der Waals surface area contributed by atoms with E-state index < -0.39 is 23.3 Å². The van der Waals surface area contributed by atoms with Crippen molar-refractivity contribution in [2.24, 2.45) is 10.8 Å². The van der Waals surface area contributed by atoms with Crippen LogP contribution < -0.4 is 0 Å². The molecule has 0 spiro atoms. The van der Waals surface area contributed by atoms with Crippen LogP contribution in [0, 0.1) is 47.9 Å². The lowest BCUT2D eigenvalue weighted by Crippen LogP contribution is -2.48. The fraction of sp³-hybridized carbons (Fsp3) is 0.577. The number of benzene rings is 2. The van der Waals surface area contributed by atoms with Crippen molar-refractivity contribution >= 4 is 0 Å². The molecule has 6 heterocycles. The van der Waals surface area contributed by atoms with E-state index >= 15 is 0 Å². The first kappa shape index (κ1) is 43.4. The van der Waals surface area contributed by atoms with Gasteiger partial charge in [0.25, 0.3) is 0 Å². The summed E-state index contributed by atoms with van der Waals surface area (Å²) in [5, 5.41) is 9.86. The molecule has 4 aromatic heterocycles. The maximum Gasteiger partial charge on any atom is 0.159 e. The van der Waals surface area contributed by atoms with Crippen molar-refractivity contribution in [2.45, 2.75) is 178 Å². The summed E-state index contributed by atoms with van der Waals surface area (Å²) in [6.07, 6.45) is 30.5. The molecule has 0 radical (unpaired) electrons. The zero-order valence-corrected chi connectivity index (χ0v) is 38.5. The number of hydrogen-bond acceptors (Lipinski definition) is 6. The third kappa shape index (κ3) is 8.01. The lowest BCUT2D eigenvalue weighted by atomic mass is 9.56. The molecule has 2 atom stereocenters. The van der Waals surface area contributed by atoms with Crippen molar-refractivity contribution in [1.29, 1.82) is 0 Å². The van der Waals surface area contributed by atoms with Crippen molar-refractivity contribution in [1.82, 2.24) is 48.6 Å². The molecule has 14 heteroatoms. The molecule has 2 aliphatic heterocycles. The second-order valence-electron chi connectivity index (χ2n) is 21.3. The topological polar surface area (TPSA) is 97.1 Å². The molecule has 14 rings (SSSR count). The van der Waals surface area contributed by atoms with Crippen LogP contribution in [0.1, 0.15) is 173 Å². The maximum atomic E-state index is 14.0. The van der Waals surface area contributed by atoms with Crippen LogP contribution >= 0.6 is 0 Å². The fourth-order valence-corrected chi connectivity index (χ4v) is 13.2. The van der Waals surface area contributed by atoms with Crippen molar-refractivity contribution < 1.29 is 17.6 Å². The summed E-state index contributed by atoms with van der Waals surface area (Å²) in [7, 11) is 0. The van der Waals surface area contributed by atoms with E-state index in [0.29, 0.717) is 0 Å². The lowest BCUT2D eigenvalue weighted by Gasteiger charge is -2.53. The van der Waals surface area contributed by atoms with E-state index in [1.807, 2.05) is 22.0 Å². The van der Waals surface area contributed by atoms with Gasteiger partial charge in [-0.3, -0.25) is 0 Å². The van der Waals surface area contributed by atoms with Gasteiger partial charge in [0, 0.05) is 61.2 Å². The number of nitrogens with zero attached hydrogens (tertiary/aromatic N) is 10. The standard InChI is InChI=1S/2C26H31F2N5/c2*1-18-16-32(17-29-18)26-10-7-25(8-11-26,9-12-26)15-23-30-24-20(4-2-3-13-33(24)31-23)19-5-6-21(27)22(28)14-19/h2*5-6,14,16-17,20H,2-4,7-13,15H2,1H3/t2*20-,25?,26?/m10/s1. The van der Waals surface area contributed by atoms with Gasteiger partial charge in [-0.2, -0.15) is 10.2 Å². The molecule has 8 aliphatic rings. The van der Waals surface area contributed by atoms with E-state index in [-0.39, 0.29) is 33.7 Å². The first-order valence-corrected chi connectivity index (χ1v) is 24.7. The normalized spacial score (nSPS) is 29.1. The van der Waals surface area contributed by atoms with Gasteiger partial charge in [0.05, 0.1) is 24.0 Å². The van der Waals surface area contributed by atoms with Gasteiger partial charge in [-0.25, -0.2) is 46.9 Å². The van der Waals surface area contributed by atoms with E-state index in [4.69, 9.17) is 20.2 Å². The summed E-state index contributed by atoms with van der Waals surface area (Å²) < 4.78 is 63.8. The average Bonchev–Trinajstić information content (AvgIpc) is 4.11. The molecule has 10 nitrogen and oxygen atoms in total. The first-order chi connectivity index (χ1) is 31.9. The molecule has 6 saturated carbocycles. The van der Waals surface area contributed by atoms with Crippen LogP contribution in [-0.2, 0) is 37.0 Å². The van der Waals surface area contributed by atoms with Crippen LogP contribution in [0.3, 0.4) is 0 Å². The van der Waals surface area contributed by atoms with E-state index in [1.165, 1.54) is 101 Å². The molecule has 0 unspecified atom stereocenters. The minimum absolute atomic E-state index is 0.0313. The van der Waals surface area contributed by atoms with Gasteiger partial charge < -0.3 is 9.13 Å². The Hall–Kier alpha value is -5.14. The van der Waals surface area contributed by atoms with Gasteiger partial charge in [0.1, 0.15) is 11.6 Å². The first-order valence-electron chi connectivity index (χ1n) is 24.7. The molecule has 6 fully saturated rings. The second kappa shape index (κ2) is 16.9. The van der Waals surface area contributed by atoms with Crippen LogP contribution in [0.4, 0.5) is 17.6 Å². The summed E-state index contributed by atoms with van der Waals surface area (Å²) in [5.41, 5.74) is 4.80. The monoisotopic (exact) mass is 903 g/mol. The summed E-state index contributed by atoms with van der Waals surface area (Å²) >= 11 is 0. The maximum absolute atomic E-state index is 14.0. The minimum atomic E-state index is -0.801. The summed E-state index contributed by atoms with van der Waals surface area (Å²) in [5.74, 6) is 0.438. The predicted octanol–water partition coefficient (Wildman–Crippen LogP) is 11.3. The number of aryl methyl sites for hydroxylation is 4. The Morgan fingerprint density at radius 3 is 1.26 bits per heavy atom. The smallest absolute Gasteiger partial charge is 0.159 e. The number of fused-ring (bicyclic) bond motifs is 8. The highest BCUT2D eigenvalue weighted by molar-refractivity contribution is 5.29. The summed E-state index contributed by atoms with van der Waals surface area (Å²) in [6.45, 7) is 5.81. The van der Waals surface area contributed by atoms with Crippen molar-refractivity contribution in [3.05, 3.63) is 131 Å². The third-order valence-corrected chi connectivity index (χ3v) is 17.3.